The van der Waals surface area contributed by atoms with Crippen molar-refractivity contribution in [1.82, 2.24) is 23.9 Å². The van der Waals surface area contributed by atoms with Gasteiger partial charge >= 0.3 is 5.97 Å². The molecule has 3 aromatic heterocycles. The zero-order valence-electron chi connectivity index (χ0n) is 16.0. The van der Waals surface area contributed by atoms with Crippen LogP contribution in [0.5, 0.6) is 0 Å². The Bertz CT molecular complexity index is 1140. The van der Waals surface area contributed by atoms with Crippen LogP contribution in [-0.2, 0) is 29.7 Å². The van der Waals surface area contributed by atoms with Crippen LogP contribution in [0.3, 0.4) is 0 Å². The fourth-order valence-electron chi connectivity index (χ4n) is 3.08. The molecule has 0 unspecified atom stereocenters. The molecule has 3 rings (SSSR count). The fraction of sp³-hybridized carbons (Fsp3) is 0.316. The maximum atomic E-state index is 12.4. The summed E-state index contributed by atoms with van der Waals surface area (Å²) in [6, 6.07) is 1.76. The van der Waals surface area contributed by atoms with Gasteiger partial charge in [0.15, 0.2) is 12.3 Å². The first kappa shape index (κ1) is 19.3. The largest absolute Gasteiger partial charge is 0.456 e. The first-order chi connectivity index (χ1) is 13.3. The Morgan fingerprint density at radius 1 is 1.32 bits per heavy atom. The summed E-state index contributed by atoms with van der Waals surface area (Å²) in [4.78, 5) is 41.0. The number of nitrogens with zero attached hydrogens (tertiary/aromatic N) is 5. The third kappa shape index (κ3) is 3.51. The molecule has 0 saturated heterocycles. The van der Waals surface area contributed by atoms with Crippen LogP contribution in [-0.4, -0.2) is 42.3 Å². The van der Waals surface area contributed by atoms with E-state index in [9.17, 15) is 14.4 Å². The molecule has 146 valence electrons. The highest BCUT2D eigenvalue weighted by Gasteiger charge is 2.18. The summed E-state index contributed by atoms with van der Waals surface area (Å²) in [6.07, 6.45) is 4.41. The molecule has 3 aromatic rings. The van der Waals surface area contributed by atoms with E-state index in [0.717, 1.165) is 16.0 Å². The highest BCUT2D eigenvalue weighted by Crippen LogP contribution is 2.16. The fourth-order valence-corrected chi connectivity index (χ4v) is 3.08. The number of allylic oxidation sites excluding steroid dienone is 1. The molecule has 0 N–H and O–H groups in total. The number of Topliss-reactive ketones (excluding diaryl/α,β-unsaturated/α-hetero) is 1. The summed E-state index contributed by atoms with van der Waals surface area (Å²) in [7, 11) is 1.67. The number of ether oxygens (including phenoxy) is 1. The van der Waals surface area contributed by atoms with Crippen molar-refractivity contribution in [2.75, 3.05) is 6.61 Å². The third-order valence-corrected chi connectivity index (χ3v) is 4.57. The van der Waals surface area contributed by atoms with Crippen molar-refractivity contribution in [1.29, 1.82) is 0 Å². The molecule has 0 bridgehead atoms. The number of rotatable bonds is 7. The maximum absolute atomic E-state index is 12.4. The average Bonchev–Trinajstić information content (AvgIpc) is 3.17. The molecule has 0 aromatic carbocycles. The molecular formula is C19H21N5O4. The first-order valence-corrected chi connectivity index (χ1v) is 8.67. The molecule has 0 amide bonds. The molecule has 0 aliphatic rings. The number of ketones is 1. The predicted molar refractivity (Wildman–Crippen MR) is 102 cm³/mol. The molecule has 0 fully saturated rings. The molecule has 0 radical (unpaired) electrons. The Hall–Kier alpha value is -3.49. The second-order valence-electron chi connectivity index (χ2n) is 6.45. The van der Waals surface area contributed by atoms with Gasteiger partial charge in [-0.1, -0.05) is 6.08 Å². The summed E-state index contributed by atoms with van der Waals surface area (Å²) < 4.78 is 9.63. The molecular weight excluding hydrogens is 362 g/mol. The molecule has 0 atom stereocenters. The topological polar surface area (TPSA) is 101 Å². The zero-order chi connectivity index (χ0) is 20.4. The molecule has 0 aliphatic carbocycles. The average molecular weight is 383 g/mol. The Balaban J connectivity index is 1.67. The van der Waals surface area contributed by atoms with Crippen molar-refractivity contribution in [3.05, 3.63) is 58.6 Å². The Morgan fingerprint density at radius 2 is 2.07 bits per heavy atom. The smallest absolute Gasteiger partial charge is 0.326 e. The lowest BCUT2D eigenvalue weighted by molar-refractivity contribution is -0.143. The van der Waals surface area contributed by atoms with E-state index in [0.29, 0.717) is 23.1 Å². The van der Waals surface area contributed by atoms with Crippen molar-refractivity contribution in [3.8, 4) is 0 Å². The van der Waals surface area contributed by atoms with Crippen LogP contribution >= 0.6 is 0 Å². The minimum Gasteiger partial charge on any atom is -0.456 e. The first-order valence-electron chi connectivity index (χ1n) is 8.67. The summed E-state index contributed by atoms with van der Waals surface area (Å²) >= 11 is 0. The quantitative estimate of drug-likeness (QED) is 0.345. The molecule has 9 nitrogen and oxygen atoms in total. The minimum atomic E-state index is -0.694. The van der Waals surface area contributed by atoms with Gasteiger partial charge in [0, 0.05) is 30.5 Å². The van der Waals surface area contributed by atoms with Crippen molar-refractivity contribution < 1.29 is 14.3 Å². The van der Waals surface area contributed by atoms with Gasteiger partial charge in [0.05, 0.1) is 6.20 Å². The van der Waals surface area contributed by atoms with Gasteiger partial charge in [0.1, 0.15) is 18.3 Å². The number of aryl methyl sites for hydroxylation is 2. The Morgan fingerprint density at radius 3 is 2.79 bits per heavy atom. The monoisotopic (exact) mass is 383 g/mol. The summed E-state index contributed by atoms with van der Waals surface area (Å²) in [5.74, 6) is -0.995. The third-order valence-electron chi connectivity index (χ3n) is 4.57. The van der Waals surface area contributed by atoms with Gasteiger partial charge in [0.25, 0.3) is 5.56 Å². The van der Waals surface area contributed by atoms with E-state index in [-0.39, 0.29) is 12.3 Å². The van der Waals surface area contributed by atoms with Crippen molar-refractivity contribution in [2.45, 2.75) is 26.9 Å². The molecule has 0 saturated carbocycles. The molecule has 9 heteroatoms. The predicted octanol–water partition coefficient (Wildman–Crippen LogP) is 1.16. The number of aromatic nitrogens is 5. The highest BCUT2D eigenvalue weighted by atomic mass is 16.5. The standard InChI is InChI=1S/C19H21N5O4/c1-5-6-24-12(2)7-14(13(24)3)16(25)10-28-17(26)9-23-11-20-18-15(19(23)27)8-21-22(18)4/h5,7-8,11H,1,6,9-10H2,2-4H3. The normalized spacial score (nSPS) is 11.0. The van der Waals surface area contributed by atoms with E-state index in [2.05, 4.69) is 16.7 Å². The number of esters is 1. The molecule has 0 spiro atoms. The van der Waals surface area contributed by atoms with Crippen LogP contribution in [0.15, 0.2) is 36.0 Å². The number of hydrogen-bond donors (Lipinski definition) is 0. The van der Waals surface area contributed by atoms with Gasteiger partial charge in [-0.2, -0.15) is 5.10 Å². The number of fused-ring (bicyclic) bond motifs is 1. The Labute approximate surface area is 160 Å². The van der Waals surface area contributed by atoms with E-state index in [1.54, 1.807) is 19.2 Å². The second-order valence-corrected chi connectivity index (χ2v) is 6.45. The van der Waals surface area contributed by atoms with Crippen molar-refractivity contribution in [2.24, 2.45) is 7.05 Å². The summed E-state index contributed by atoms with van der Waals surface area (Å²) in [5, 5.41) is 4.28. The number of carbonyl (C=O) groups excluding carboxylic acids is 2. The second kappa shape index (κ2) is 7.63. The minimum absolute atomic E-state index is 0.301. The van der Waals surface area contributed by atoms with Crippen LogP contribution in [0.2, 0.25) is 0 Å². The van der Waals surface area contributed by atoms with E-state index in [4.69, 9.17) is 4.74 Å². The lowest BCUT2D eigenvalue weighted by atomic mass is 10.1. The van der Waals surface area contributed by atoms with Crippen LogP contribution in [0.25, 0.3) is 11.0 Å². The van der Waals surface area contributed by atoms with Gasteiger partial charge in [-0.15, -0.1) is 6.58 Å². The van der Waals surface area contributed by atoms with Crippen molar-refractivity contribution in [3.63, 3.8) is 0 Å². The lowest BCUT2D eigenvalue weighted by Gasteiger charge is -2.08. The van der Waals surface area contributed by atoms with Crippen molar-refractivity contribution >= 4 is 22.8 Å². The van der Waals surface area contributed by atoms with Gasteiger partial charge in [0.2, 0.25) is 5.78 Å². The summed E-state index contributed by atoms with van der Waals surface area (Å²) in [5.41, 5.74) is 2.26. The van der Waals surface area contributed by atoms with E-state index >= 15 is 0 Å². The van der Waals surface area contributed by atoms with E-state index in [1.165, 1.54) is 17.2 Å². The van der Waals surface area contributed by atoms with Crippen LogP contribution in [0, 0.1) is 13.8 Å². The molecule has 28 heavy (non-hydrogen) atoms. The zero-order valence-corrected chi connectivity index (χ0v) is 16.0. The van der Waals surface area contributed by atoms with Crippen LogP contribution in [0.1, 0.15) is 21.7 Å². The lowest BCUT2D eigenvalue weighted by Crippen LogP contribution is -2.26. The SMILES string of the molecule is C=CCn1c(C)cc(C(=O)COC(=O)Cn2cnc3c(cnn3C)c2=O)c1C. The van der Waals surface area contributed by atoms with Gasteiger partial charge < -0.3 is 9.30 Å². The van der Waals surface area contributed by atoms with Gasteiger partial charge in [-0.25, -0.2) is 4.98 Å². The summed E-state index contributed by atoms with van der Waals surface area (Å²) in [6.45, 7) is 7.30. The number of hydrogen-bond acceptors (Lipinski definition) is 6. The molecule has 0 aliphatic heterocycles. The van der Waals surface area contributed by atoms with Gasteiger partial charge in [-0.05, 0) is 19.9 Å². The molecule has 3 heterocycles. The highest BCUT2D eigenvalue weighted by molar-refractivity contribution is 5.99. The van der Waals surface area contributed by atoms with Gasteiger partial charge in [-0.3, -0.25) is 23.6 Å². The van der Waals surface area contributed by atoms with E-state index < -0.39 is 18.1 Å². The van der Waals surface area contributed by atoms with E-state index in [1.807, 2.05) is 18.4 Å². The Kier molecular flexibility index (Phi) is 5.25. The maximum Gasteiger partial charge on any atom is 0.326 e. The number of carbonyl (C=O) groups is 2. The van der Waals surface area contributed by atoms with Crippen LogP contribution in [0.4, 0.5) is 0 Å². The van der Waals surface area contributed by atoms with Crippen LogP contribution < -0.4 is 5.56 Å².